The third kappa shape index (κ3) is 3.05. The van der Waals surface area contributed by atoms with Gasteiger partial charge in [0.15, 0.2) is 11.5 Å². The van der Waals surface area contributed by atoms with Gasteiger partial charge in [-0.1, -0.05) is 6.07 Å². The summed E-state index contributed by atoms with van der Waals surface area (Å²) in [6.45, 7) is 0. The van der Waals surface area contributed by atoms with Crippen molar-refractivity contribution < 1.29 is 24.2 Å². The Morgan fingerprint density at radius 1 is 1.16 bits per heavy atom. The van der Waals surface area contributed by atoms with Crippen molar-refractivity contribution in [3.8, 4) is 11.5 Å². The first-order chi connectivity index (χ1) is 12.0. The molecule has 1 aliphatic heterocycles. The topological polar surface area (TPSA) is 109 Å². The first-order valence-corrected chi connectivity index (χ1v) is 7.19. The molecular formula is C17H13N3O5. The van der Waals surface area contributed by atoms with Gasteiger partial charge in [0.1, 0.15) is 5.57 Å². The summed E-state index contributed by atoms with van der Waals surface area (Å²) in [5.74, 6) is -1.43. The van der Waals surface area contributed by atoms with E-state index in [4.69, 9.17) is 4.74 Å². The predicted octanol–water partition coefficient (Wildman–Crippen LogP) is 1.46. The van der Waals surface area contributed by atoms with Crippen molar-refractivity contribution in [1.82, 2.24) is 10.3 Å². The monoisotopic (exact) mass is 339 g/mol. The number of benzene rings is 1. The zero-order chi connectivity index (χ0) is 18.0. The molecule has 3 rings (SSSR count). The highest BCUT2D eigenvalue weighted by molar-refractivity contribution is 6.39. The molecule has 0 unspecified atom stereocenters. The van der Waals surface area contributed by atoms with Crippen LogP contribution in [0.25, 0.3) is 6.08 Å². The van der Waals surface area contributed by atoms with Crippen LogP contribution in [0.3, 0.4) is 0 Å². The zero-order valence-electron chi connectivity index (χ0n) is 13.1. The van der Waals surface area contributed by atoms with Crippen LogP contribution in [0.4, 0.5) is 10.5 Å². The highest BCUT2D eigenvalue weighted by Gasteiger charge is 2.36. The molecule has 1 aliphatic rings. The average molecular weight is 339 g/mol. The van der Waals surface area contributed by atoms with Gasteiger partial charge in [-0.3, -0.25) is 19.9 Å². The maximum atomic E-state index is 12.6. The number of rotatable bonds is 3. The number of ether oxygens (including phenoxy) is 1. The molecule has 0 bridgehead atoms. The molecule has 1 aromatic carbocycles. The summed E-state index contributed by atoms with van der Waals surface area (Å²) in [5, 5.41) is 11.7. The number of hydrogen-bond donors (Lipinski definition) is 2. The molecule has 2 N–H and O–H groups in total. The molecule has 2 heterocycles. The third-order valence-corrected chi connectivity index (χ3v) is 3.54. The smallest absolute Gasteiger partial charge is 0.335 e. The second-order valence-corrected chi connectivity index (χ2v) is 5.09. The third-order valence-electron chi connectivity index (χ3n) is 3.54. The number of barbiturate groups is 1. The van der Waals surface area contributed by atoms with Crippen LogP contribution in [0.15, 0.2) is 48.3 Å². The molecule has 126 valence electrons. The number of carbonyl (C=O) groups excluding carboxylic acids is 3. The quantitative estimate of drug-likeness (QED) is 0.647. The lowest BCUT2D eigenvalue weighted by Crippen LogP contribution is -2.54. The number of phenolic OH excluding ortho intramolecular Hbond substituents is 1. The molecule has 2 aromatic rings. The van der Waals surface area contributed by atoms with E-state index in [2.05, 4.69) is 10.3 Å². The summed E-state index contributed by atoms with van der Waals surface area (Å²) >= 11 is 0. The second-order valence-electron chi connectivity index (χ2n) is 5.09. The van der Waals surface area contributed by atoms with Gasteiger partial charge in [0.25, 0.3) is 11.8 Å². The molecule has 4 amide bonds. The van der Waals surface area contributed by atoms with Gasteiger partial charge >= 0.3 is 6.03 Å². The Labute approximate surface area is 142 Å². The number of aromatic hydroxyl groups is 1. The first-order valence-electron chi connectivity index (χ1n) is 7.19. The number of anilines is 1. The van der Waals surface area contributed by atoms with E-state index in [1.165, 1.54) is 55.9 Å². The van der Waals surface area contributed by atoms with E-state index in [-0.39, 0.29) is 17.1 Å². The van der Waals surface area contributed by atoms with Crippen LogP contribution < -0.4 is 15.0 Å². The van der Waals surface area contributed by atoms with Crippen molar-refractivity contribution in [1.29, 1.82) is 0 Å². The van der Waals surface area contributed by atoms with Crippen LogP contribution >= 0.6 is 0 Å². The maximum absolute atomic E-state index is 12.6. The number of methoxy groups -OCH3 is 1. The fraction of sp³-hybridized carbons (Fsp3) is 0.0588. The number of hydrogen-bond acceptors (Lipinski definition) is 6. The maximum Gasteiger partial charge on any atom is 0.335 e. The number of phenols is 1. The van der Waals surface area contributed by atoms with Crippen LogP contribution in [-0.2, 0) is 9.59 Å². The Bertz CT molecular complexity index is 892. The van der Waals surface area contributed by atoms with Crippen LogP contribution in [0.5, 0.6) is 11.5 Å². The minimum Gasteiger partial charge on any atom is -0.504 e. The number of amides is 4. The number of pyridine rings is 1. The largest absolute Gasteiger partial charge is 0.504 e. The molecule has 0 atom stereocenters. The molecule has 0 spiro atoms. The van der Waals surface area contributed by atoms with Crippen molar-refractivity contribution in [2.24, 2.45) is 0 Å². The standard InChI is InChI=1S/C17H13N3O5/c1-25-14-9-10(2-3-13(14)21)8-12-15(22)19-17(24)20(16(12)23)11-4-6-18-7-5-11/h2-9,21H,1H3,(H,19,22,24)/b12-8+. The molecule has 0 radical (unpaired) electrons. The highest BCUT2D eigenvalue weighted by Crippen LogP contribution is 2.28. The Morgan fingerprint density at radius 2 is 1.88 bits per heavy atom. The summed E-state index contributed by atoms with van der Waals surface area (Å²) in [6.07, 6.45) is 4.18. The van der Waals surface area contributed by atoms with E-state index in [1.807, 2.05) is 0 Å². The number of nitrogens with one attached hydrogen (secondary N) is 1. The molecule has 1 saturated heterocycles. The van der Waals surface area contributed by atoms with Crippen LogP contribution in [0.1, 0.15) is 5.56 Å². The first kappa shape index (κ1) is 16.2. The van der Waals surface area contributed by atoms with Crippen LogP contribution in [-0.4, -0.2) is 35.0 Å². The van der Waals surface area contributed by atoms with E-state index in [0.717, 1.165) is 4.90 Å². The van der Waals surface area contributed by atoms with Gasteiger partial charge in [-0.2, -0.15) is 0 Å². The van der Waals surface area contributed by atoms with Gasteiger partial charge in [-0.25, -0.2) is 9.69 Å². The van der Waals surface area contributed by atoms with Crippen LogP contribution in [0, 0.1) is 0 Å². The Morgan fingerprint density at radius 3 is 2.56 bits per heavy atom. The summed E-state index contributed by atoms with van der Waals surface area (Å²) in [4.78, 5) is 41.4. The fourth-order valence-corrected chi connectivity index (χ4v) is 2.34. The number of aromatic nitrogens is 1. The van der Waals surface area contributed by atoms with Gasteiger partial charge in [-0.15, -0.1) is 0 Å². The van der Waals surface area contributed by atoms with E-state index in [1.54, 1.807) is 0 Å². The van der Waals surface area contributed by atoms with Gasteiger partial charge in [-0.05, 0) is 35.9 Å². The Balaban J connectivity index is 2.02. The number of imide groups is 2. The lowest BCUT2D eigenvalue weighted by molar-refractivity contribution is -0.122. The average Bonchev–Trinajstić information content (AvgIpc) is 2.60. The summed E-state index contributed by atoms with van der Waals surface area (Å²) in [7, 11) is 1.38. The van der Waals surface area contributed by atoms with Gasteiger partial charge < -0.3 is 9.84 Å². The lowest BCUT2D eigenvalue weighted by Gasteiger charge is -2.26. The molecule has 1 fully saturated rings. The minimum atomic E-state index is -0.832. The normalized spacial score (nSPS) is 16.1. The van der Waals surface area contributed by atoms with E-state index < -0.39 is 17.8 Å². The number of nitrogens with zero attached hydrogens (tertiary/aromatic N) is 2. The van der Waals surface area contributed by atoms with Gasteiger partial charge in [0, 0.05) is 12.4 Å². The zero-order valence-corrected chi connectivity index (χ0v) is 13.1. The highest BCUT2D eigenvalue weighted by atomic mass is 16.5. The molecule has 8 heteroatoms. The second kappa shape index (κ2) is 6.44. The summed E-state index contributed by atoms with van der Waals surface area (Å²) in [6, 6.07) is 6.49. The van der Waals surface area contributed by atoms with E-state index in [9.17, 15) is 19.5 Å². The summed E-state index contributed by atoms with van der Waals surface area (Å²) < 4.78 is 5.00. The SMILES string of the molecule is COc1cc(/C=C2\C(=O)NC(=O)N(c3ccncc3)C2=O)ccc1O. The Hall–Kier alpha value is -3.68. The summed E-state index contributed by atoms with van der Waals surface area (Å²) in [5.41, 5.74) is 0.528. The van der Waals surface area contributed by atoms with E-state index in [0.29, 0.717) is 11.3 Å². The molecule has 0 aliphatic carbocycles. The van der Waals surface area contributed by atoms with E-state index >= 15 is 0 Å². The van der Waals surface area contributed by atoms with Crippen molar-refractivity contribution in [3.05, 3.63) is 53.9 Å². The molecule has 0 saturated carbocycles. The van der Waals surface area contributed by atoms with Crippen LogP contribution in [0.2, 0.25) is 0 Å². The van der Waals surface area contributed by atoms with Gasteiger partial charge in [0.2, 0.25) is 0 Å². The number of urea groups is 1. The van der Waals surface area contributed by atoms with Crippen molar-refractivity contribution in [2.75, 3.05) is 12.0 Å². The predicted molar refractivity (Wildman–Crippen MR) is 87.9 cm³/mol. The molecule has 25 heavy (non-hydrogen) atoms. The minimum absolute atomic E-state index is 0.0716. The lowest BCUT2D eigenvalue weighted by atomic mass is 10.1. The van der Waals surface area contributed by atoms with Gasteiger partial charge in [0.05, 0.1) is 12.8 Å². The molecule has 1 aromatic heterocycles. The Kier molecular flexibility index (Phi) is 4.17. The molecule has 8 nitrogen and oxygen atoms in total. The van der Waals surface area contributed by atoms with Crippen molar-refractivity contribution in [2.45, 2.75) is 0 Å². The number of carbonyl (C=O) groups is 3. The fourth-order valence-electron chi connectivity index (χ4n) is 2.34. The van der Waals surface area contributed by atoms with Crippen molar-refractivity contribution >= 4 is 29.6 Å². The molecular weight excluding hydrogens is 326 g/mol. The van der Waals surface area contributed by atoms with Crippen molar-refractivity contribution in [3.63, 3.8) is 0 Å².